The van der Waals surface area contributed by atoms with Gasteiger partial charge in [0.2, 0.25) is 0 Å². The molecule has 0 radical (unpaired) electrons. The monoisotopic (exact) mass is 695 g/mol. The molecular weight excluding hydrogens is 639 g/mol. The van der Waals surface area contributed by atoms with Crippen molar-refractivity contribution >= 4 is 32.6 Å². The summed E-state index contributed by atoms with van der Waals surface area (Å²) in [6.45, 7) is 18.6. The van der Waals surface area contributed by atoms with Crippen LogP contribution in [0.15, 0.2) is 109 Å². The molecule has 1 heterocycles. The molecule has 2 nitrogen and oxygen atoms in total. The van der Waals surface area contributed by atoms with Gasteiger partial charge in [-0.25, -0.2) is 0 Å². The van der Waals surface area contributed by atoms with E-state index in [1.54, 1.807) is 22.3 Å². The molecule has 0 amide bonds. The van der Waals surface area contributed by atoms with Crippen molar-refractivity contribution in [2.75, 3.05) is 6.61 Å². The molecule has 0 aliphatic heterocycles. The fraction of sp³-hybridized carbons (Fsp3) is 0.391. The SMILES string of the molecule is CC(C)(C)OCCCCCC[Si](C)(C1C=C(C[Si](C)(C)C)c2ccccc21)C1c2ccccc2-c2c1c1ccccc1n2Cc1ccccc1. The molecule has 7 rings (SSSR count). The summed E-state index contributed by atoms with van der Waals surface area (Å²) in [6.07, 6.45) is 7.74. The lowest BCUT2D eigenvalue weighted by atomic mass is 10.1. The van der Waals surface area contributed by atoms with Crippen molar-refractivity contribution < 1.29 is 4.74 Å². The molecule has 2 aliphatic rings. The predicted molar refractivity (Wildman–Crippen MR) is 221 cm³/mol. The van der Waals surface area contributed by atoms with Crippen LogP contribution in [-0.2, 0) is 11.3 Å². The minimum Gasteiger partial charge on any atom is -0.376 e. The van der Waals surface area contributed by atoms with Crippen LogP contribution in [0.2, 0.25) is 38.3 Å². The van der Waals surface area contributed by atoms with Crippen LogP contribution in [0.3, 0.4) is 0 Å². The highest BCUT2D eigenvalue weighted by Gasteiger charge is 2.51. The number of fused-ring (bicyclic) bond motifs is 6. The second-order valence-electron chi connectivity index (χ2n) is 17.5. The lowest BCUT2D eigenvalue weighted by molar-refractivity contribution is -0.00471. The minimum absolute atomic E-state index is 0.0609. The first-order valence-electron chi connectivity index (χ1n) is 19.1. The van der Waals surface area contributed by atoms with Crippen LogP contribution in [0.5, 0.6) is 0 Å². The van der Waals surface area contributed by atoms with Crippen molar-refractivity contribution in [3.63, 3.8) is 0 Å². The molecule has 5 aromatic rings. The van der Waals surface area contributed by atoms with Gasteiger partial charge in [0, 0.05) is 43.2 Å². The Morgan fingerprint density at radius 2 is 1.32 bits per heavy atom. The fourth-order valence-corrected chi connectivity index (χ4v) is 16.1. The summed E-state index contributed by atoms with van der Waals surface area (Å²) in [5.41, 5.74) is 14.5. The van der Waals surface area contributed by atoms with Crippen LogP contribution in [0.4, 0.5) is 0 Å². The lowest BCUT2D eigenvalue weighted by Crippen LogP contribution is -2.44. The number of unbranched alkanes of at least 4 members (excludes halogenated alkanes) is 3. The highest BCUT2D eigenvalue weighted by atomic mass is 28.3. The van der Waals surface area contributed by atoms with Crippen molar-refractivity contribution in [3.05, 3.63) is 137 Å². The highest BCUT2D eigenvalue weighted by molar-refractivity contribution is 6.83. The maximum Gasteiger partial charge on any atom is 0.0754 e. The predicted octanol–water partition coefficient (Wildman–Crippen LogP) is 12.9. The van der Waals surface area contributed by atoms with Crippen LogP contribution in [-0.4, -0.2) is 32.9 Å². The summed E-state index contributed by atoms with van der Waals surface area (Å²) < 4.78 is 8.75. The second kappa shape index (κ2) is 13.9. The van der Waals surface area contributed by atoms with E-state index in [0.29, 0.717) is 11.1 Å². The molecule has 0 N–H and O–H groups in total. The number of rotatable bonds is 13. The summed E-state index contributed by atoms with van der Waals surface area (Å²) in [5, 5.41) is 1.45. The molecule has 50 heavy (non-hydrogen) atoms. The summed E-state index contributed by atoms with van der Waals surface area (Å²) in [4.78, 5) is 0. The van der Waals surface area contributed by atoms with Crippen LogP contribution in [0, 0.1) is 0 Å². The molecule has 0 bridgehead atoms. The molecule has 0 saturated carbocycles. The summed E-state index contributed by atoms with van der Waals surface area (Å²) in [7, 11) is -3.48. The number of allylic oxidation sites excluding steroid dienone is 2. The molecule has 0 spiro atoms. The van der Waals surface area contributed by atoms with E-state index in [2.05, 4.69) is 161 Å². The van der Waals surface area contributed by atoms with Gasteiger partial charge in [-0.3, -0.25) is 0 Å². The van der Waals surface area contributed by atoms with E-state index in [0.717, 1.165) is 19.6 Å². The van der Waals surface area contributed by atoms with E-state index in [-0.39, 0.29) is 5.60 Å². The van der Waals surface area contributed by atoms with Gasteiger partial charge in [-0.2, -0.15) is 0 Å². The Balaban J connectivity index is 1.35. The van der Waals surface area contributed by atoms with Crippen molar-refractivity contribution in [1.82, 2.24) is 4.57 Å². The zero-order valence-corrected chi connectivity index (χ0v) is 33.6. The smallest absolute Gasteiger partial charge is 0.0754 e. The molecule has 260 valence electrons. The normalized spacial score (nSPS) is 18.1. The number of aromatic nitrogens is 1. The Morgan fingerprint density at radius 1 is 0.680 bits per heavy atom. The van der Waals surface area contributed by atoms with E-state index in [1.807, 2.05) is 0 Å². The third kappa shape index (κ3) is 6.91. The minimum atomic E-state index is -2.15. The van der Waals surface area contributed by atoms with Crippen LogP contribution >= 0.6 is 0 Å². The Hall–Kier alpha value is -3.45. The van der Waals surface area contributed by atoms with Crippen LogP contribution < -0.4 is 0 Å². The van der Waals surface area contributed by atoms with E-state index in [1.165, 1.54) is 64.6 Å². The number of benzene rings is 4. The fourth-order valence-electron chi connectivity index (χ4n) is 9.18. The second-order valence-corrected chi connectivity index (χ2v) is 27.7. The largest absolute Gasteiger partial charge is 0.376 e. The average Bonchev–Trinajstić information content (AvgIpc) is 3.72. The topological polar surface area (TPSA) is 14.2 Å². The summed E-state index contributed by atoms with van der Waals surface area (Å²) >= 11 is 0. The van der Waals surface area contributed by atoms with Gasteiger partial charge < -0.3 is 9.30 Å². The number of hydrogen-bond acceptors (Lipinski definition) is 1. The number of para-hydroxylation sites is 1. The average molecular weight is 696 g/mol. The van der Waals surface area contributed by atoms with Crippen molar-refractivity contribution in [2.45, 2.75) is 108 Å². The number of nitrogens with zero attached hydrogens (tertiary/aromatic N) is 1. The Morgan fingerprint density at radius 3 is 2.06 bits per heavy atom. The van der Waals surface area contributed by atoms with E-state index < -0.39 is 16.1 Å². The molecular formula is C46H57NOSi2. The molecule has 0 fully saturated rings. The highest BCUT2D eigenvalue weighted by Crippen LogP contribution is 2.59. The molecule has 3 unspecified atom stereocenters. The number of ether oxygens (including phenoxy) is 1. The molecule has 1 aromatic heterocycles. The van der Waals surface area contributed by atoms with E-state index >= 15 is 0 Å². The zero-order valence-electron chi connectivity index (χ0n) is 31.6. The van der Waals surface area contributed by atoms with E-state index in [9.17, 15) is 0 Å². The molecule has 4 aromatic carbocycles. The molecule has 3 atom stereocenters. The van der Waals surface area contributed by atoms with Gasteiger partial charge in [0.05, 0.1) is 19.4 Å². The Labute approximate surface area is 303 Å². The Bertz CT molecular complexity index is 1990. The zero-order chi connectivity index (χ0) is 35.1. The first-order valence-corrected chi connectivity index (χ1v) is 25.7. The maximum atomic E-state index is 6.10. The first kappa shape index (κ1) is 35.0. The van der Waals surface area contributed by atoms with Crippen molar-refractivity contribution in [1.29, 1.82) is 0 Å². The van der Waals surface area contributed by atoms with Gasteiger partial charge in [-0.15, -0.1) is 0 Å². The standard InChI is InChI=1S/C46H57NOSi2/c1-46(2,3)48-29-19-8-9-20-30-50(7,42-31-35(33-49(4,5)6)36-23-13-14-24-37(36)42)45-39-26-16-15-25-38(39)44-43(45)40-27-17-18-28-41(40)47(44)32-34-21-11-10-12-22-34/h10-18,21-28,31,42,45H,8-9,19-20,29-30,32-33H2,1-7H3. The maximum absolute atomic E-state index is 6.10. The summed E-state index contributed by atoms with van der Waals surface area (Å²) in [5.74, 6) is 0. The van der Waals surface area contributed by atoms with Gasteiger partial charge in [0.15, 0.2) is 0 Å². The Kier molecular flexibility index (Phi) is 9.75. The number of hydrogen-bond donors (Lipinski definition) is 0. The third-order valence-corrected chi connectivity index (χ3v) is 17.9. The summed E-state index contributed by atoms with van der Waals surface area (Å²) in [6, 6.07) is 41.9. The molecule has 0 saturated heterocycles. The van der Waals surface area contributed by atoms with E-state index in [4.69, 9.17) is 4.74 Å². The van der Waals surface area contributed by atoms with Gasteiger partial charge in [0.1, 0.15) is 0 Å². The van der Waals surface area contributed by atoms with Gasteiger partial charge in [-0.05, 0) is 78.2 Å². The quantitative estimate of drug-likeness (QED) is 0.0883. The van der Waals surface area contributed by atoms with Gasteiger partial charge >= 0.3 is 0 Å². The molecule has 2 aliphatic carbocycles. The molecule has 4 heteroatoms. The van der Waals surface area contributed by atoms with Crippen molar-refractivity contribution in [3.8, 4) is 11.3 Å². The third-order valence-electron chi connectivity index (χ3n) is 11.3. The first-order chi connectivity index (χ1) is 23.9. The van der Waals surface area contributed by atoms with Crippen LogP contribution in [0.1, 0.15) is 85.4 Å². The lowest BCUT2D eigenvalue weighted by Gasteiger charge is -2.40. The van der Waals surface area contributed by atoms with Crippen molar-refractivity contribution in [2.24, 2.45) is 0 Å². The van der Waals surface area contributed by atoms with Crippen LogP contribution in [0.25, 0.3) is 27.7 Å². The van der Waals surface area contributed by atoms with Gasteiger partial charge in [0.25, 0.3) is 0 Å². The van der Waals surface area contributed by atoms with Gasteiger partial charge in [-0.1, -0.05) is 155 Å².